The number of hydrogen-bond donors (Lipinski definition) is 1. The number of carbonyl (C=O) groups excluding carboxylic acids is 1. The molecule has 124 valence electrons. The fourth-order valence-corrected chi connectivity index (χ4v) is 4.89. The average molecular weight is 308 g/mol. The largest absolute Gasteiger partial charge is 0.393 e. The van der Waals surface area contributed by atoms with E-state index in [4.69, 9.17) is 4.74 Å². The Balaban J connectivity index is 1.38. The van der Waals surface area contributed by atoms with Crippen LogP contribution in [0.5, 0.6) is 0 Å². The van der Waals surface area contributed by atoms with E-state index in [9.17, 15) is 9.90 Å². The Bertz CT molecular complexity index is 416. The number of piperidine rings is 1. The summed E-state index contributed by atoms with van der Waals surface area (Å²) in [5.74, 6) is 0.209. The maximum atomic E-state index is 12.4. The first kappa shape index (κ1) is 14.9. The molecule has 0 aromatic rings. The molecule has 5 nitrogen and oxygen atoms in total. The van der Waals surface area contributed by atoms with Crippen LogP contribution in [0, 0.1) is 0 Å². The van der Waals surface area contributed by atoms with Crippen LogP contribution in [0.3, 0.4) is 0 Å². The number of fused-ring (bicyclic) bond motifs is 1. The lowest BCUT2D eigenvalue weighted by Crippen LogP contribution is -2.61. The molecule has 22 heavy (non-hydrogen) atoms. The zero-order valence-corrected chi connectivity index (χ0v) is 13.3. The van der Waals surface area contributed by atoms with Gasteiger partial charge in [-0.1, -0.05) is 12.8 Å². The van der Waals surface area contributed by atoms with Gasteiger partial charge in [0.15, 0.2) is 0 Å². The van der Waals surface area contributed by atoms with Crippen molar-refractivity contribution in [3.63, 3.8) is 0 Å². The van der Waals surface area contributed by atoms with Gasteiger partial charge in [0.05, 0.1) is 18.2 Å². The van der Waals surface area contributed by atoms with Crippen molar-refractivity contribution < 1.29 is 14.6 Å². The highest BCUT2D eigenvalue weighted by atomic mass is 16.5. The summed E-state index contributed by atoms with van der Waals surface area (Å²) in [5, 5.41) is 9.48. The Kier molecular flexibility index (Phi) is 4.13. The van der Waals surface area contributed by atoms with Crippen molar-refractivity contribution >= 4 is 5.91 Å². The zero-order chi connectivity index (χ0) is 15.1. The van der Waals surface area contributed by atoms with Crippen molar-refractivity contribution in [2.45, 2.75) is 81.7 Å². The number of morpholine rings is 1. The van der Waals surface area contributed by atoms with Crippen molar-refractivity contribution in [1.82, 2.24) is 9.80 Å². The molecule has 0 spiro atoms. The fourth-order valence-electron chi connectivity index (χ4n) is 4.89. The molecule has 0 unspecified atom stereocenters. The first-order valence-electron chi connectivity index (χ1n) is 9.07. The van der Waals surface area contributed by atoms with Crippen molar-refractivity contribution in [1.29, 1.82) is 0 Å². The standard InChI is InChI=1S/C17H28N2O3/c20-14-9-13(10-14)18-7-5-12(6-8-18)19-15-3-1-2-4-16(15)22-11-17(19)21/h12-16,20H,1-11H2/t13?,14?,15-,16-/m0/s1. The maximum absolute atomic E-state index is 12.4. The molecule has 1 amide bonds. The van der Waals surface area contributed by atoms with Crippen LogP contribution in [0.15, 0.2) is 0 Å². The lowest BCUT2D eigenvalue weighted by molar-refractivity contribution is -0.167. The number of aliphatic hydroxyl groups excluding tert-OH is 1. The van der Waals surface area contributed by atoms with E-state index >= 15 is 0 Å². The summed E-state index contributed by atoms with van der Waals surface area (Å²) in [4.78, 5) is 17.2. The molecule has 2 atom stereocenters. The third-order valence-corrected chi connectivity index (χ3v) is 6.23. The molecule has 4 fully saturated rings. The first-order valence-corrected chi connectivity index (χ1v) is 9.07. The van der Waals surface area contributed by atoms with Gasteiger partial charge in [-0.25, -0.2) is 0 Å². The summed E-state index contributed by atoms with van der Waals surface area (Å²) >= 11 is 0. The number of hydrogen-bond acceptors (Lipinski definition) is 4. The van der Waals surface area contributed by atoms with Crippen LogP contribution in [0.2, 0.25) is 0 Å². The number of nitrogens with zero attached hydrogens (tertiary/aromatic N) is 2. The van der Waals surface area contributed by atoms with Crippen LogP contribution in [-0.2, 0) is 9.53 Å². The molecule has 2 aliphatic heterocycles. The van der Waals surface area contributed by atoms with Gasteiger partial charge in [-0.3, -0.25) is 4.79 Å². The minimum Gasteiger partial charge on any atom is -0.393 e. The molecule has 2 saturated heterocycles. The quantitative estimate of drug-likeness (QED) is 0.831. The molecule has 0 radical (unpaired) electrons. The molecule has 2 heterocycles. The van der Waals surface area contributed by atoms with E-state index < -0.39 is 0 Å². The minimum atomic E-state index is -0.0773. The van der Waals surface area contributed by atoms with Gasteiger partial charge >= 0.3 is 0 Å². The van der Waals surface area contributed by atoms with Crippen LogP contribution in [0.4, 0.5) is 0 Å². The van der Waals surface area contributed by atoms with Gasteiger partial charge in [0.1, 0.15) is 6.61 Å². The molecular formula is C17H28N2O3. The van der Waals surface area contributed by atoms with Gasteiger partial charge in [-0.2, -0.15) is 0 Å². The van der Waals surface area contributed by atoms with E-state index in [1.54, 1.807) is 0 Å². The number of ether oxygens (including phenoxy) is 1. The summed E-state index contributed by atoms with van der Waals surface area (Å²) < 4.78 is 5.78. The predicted molar refractivity (Wildman–Crippen MR) is 82.5 cm³/mol. The van der Waals surface area contributed by atoms with Crippen LogP contribution >= 0.6 is 0 Å². The number of rotatable bonds is 2. The number of amides is 1. The predicted octanol–water partition coefficient (Wildman–Crippen LogP) is 1.14. The Morgan fingerprint density at radius 2 is 1.73 bits per heavy atom. The summed E-state index contributed by atoms with van der Waals surface area (Å²) in [7, 11) is 0. The number of carbonyl (C=O) groups is 1. The van der Waals surface area contributed by atoms with Crippen molar-refractivity contribution in [2.24, 2.45) is 0 Å². The Hall–Kier alpha value is -0.650. The fraction of sp³-hybridized carbons (Fsp3) is 0.941. The van der Waals surface area contributed by atoms with Gasteiger partial charge in [-0.15, -0.1) is 0 Å². The zero-order valence-electron chi connectivity index (χ0n) is 13.3. The molecule has 4 rings (SSSR count). The van der Waals surface area contributed by atoms with E-state index in [-0.39, 0.29) is 24.7 Å². The topological polar surface area (TPSA) is 53.0 Å². The molecule has 0 aromatic carbocycles. The van der Waals surface area contributed by atoms with Crippen LogP contribution in [0.1, 0.15) is 51.4 Å². The first-order chi connectivity index (χ1) is 10.7. The Morgan fingerprint density at radius 3 is 2.45 bits per heavy atom. The lowest BCUT2D eigenvalue weighted by atomic mass is 9.85. The van der Waals surface area contributed by atoms with Crippen LogP contribution in [-0.4, -0.2) is 70.8 Å². The summed E-state index contributed by atoms with van der Waals surface area (Å²) in [6.07, 6.45) is 8.95. The summed E-state index contributed by atoms with van der Waals surface area (Å²) in [6, 6.07) is 1.32. The second kappa shape index (κ2) is 6.10. The molecule has 0 bridgehead atoms. The van der Waals surface area contributed by atoms with Crippen LogP contribution in [0.25, 0.3) is 0 Å². The molecule has 0 aromatic heterocycles. The second-order valence-electron chi connectivity index (χ2n) is 7.55. The highest BCUT2D eigenvalue weighted by molar-refractivity contribution is 5.79. The highest BCUT2D eigenvalue weighted by Gasteiger charge is 2.43. The van der Waals surface area contributed by atoms with Crippen molar-refractivity contribution in [3.8, 4) is 0 Å². The normalized spacial score (nSPS) is 41.1. The van der Waals surface area contributed by atoms with E-state index in [0.29, 0.717) is 18.1 Å². The second-order valence-corrected chi connectivity index (χ2v) is 7.55. The molecule has 4 aliphatic rings. The van der Waals surface area contributed by atoms with Gasteiger partial charge < -0.3 is 19.6 Å². The third-order valence-electron chi connectivity index (χ3n) is 6.23. The Labute approximate surface area is 132 Å². The average Bonchev–Trinajstić information content (AvgIpc) is 2.52. The smallest absolute Gasteiger partial charge is 0.249 e. The Morgan fingerprint density at radius 1 is 1.00 bits per heavy atom. The number of likely N-dealkylation sites (tertiary alicyclic amines) is 1. The summed E-state index contributed by atoms with van der Waals surface area (Å²) in [6.45, 7) is 2.43. The van der Waals surface area contributed by atoms with E-state index in [2.05, 4.69) is 9.80 Å². The van der Waals surface area contributed by atoms with E-state index in [1.807, 2.05) is 0 Å². The molecule has 1 N–H and O–H groups in total. The van der Waals surface area contributed by atoms with E-state index in [0.717, 1.165) is 51.6 Å². The van der Waals surface area contributed by atoms with Crippen LogP contribution < -0.4 is 0 Å². The number of aliphatic hydroxyl groups is 1. The van der Waals surface area contributed by atoms with Gasteiger partial charge in [0.25, 0.3) is 0 Å². The highest BCUT2D eigenvalue weighted by Crippen LogP contribution is 2.34. The van der Waals surface area contributed by atoms with Crippen molar-refractivity contribution in [3.05, 3.63) is 0 Å². The molecule has 2 saturated carbocycles. The SMILES string of the molecule is O=C1CO[C@H]2CCCC[C@@H]2N1C1CCN(C2CC(O)C2)CC1. The monoisotopic (exact) mass is 308 g/mol. The lowest BCUT2D eigenvalue weighted by Gasteiger charge is -2.50. The van der Waals surface area contributed by atoms with Gasteiger partial charge in [0.2, 0.25) is 5.91 Å². The third kappa shape index (κ3) is 2.68. The molecular weight excluding hydrogens is 280 g/mol. The maximum Gasteiger partial charge on any atom is 0.249 e. The molecule has 5 heteroatoms. The van der Waals surface area contributed by atoms with Gasteiger partial charge in [-0.05, 0) is 38.5 Å². The van der Waals surface area contributed by atoms with E-state index in [1.165, 1.54) is 12.8 Å². The van der Waals surface area contributed by atoms with Gasteiger partial charge in [0, 0.05) is 25.2 Å². The molecule has 2 aliphatic carbocycles. The van der Waals surface area contributed by atoms with Crippen molar-refractivity contribution in [2.75, 3.05) is 19.7 Å². The minimum absolute atomic E-state index is 0.0773. The summed E-state index contributed by atoms with van der Waals surface area (Å²) in [5.41, 5.74) is 0.